The van der Waals surface area contributed by atoms with Crippen LogP contribution in [0.3, 0.4) is 0 Å². The zero-order chi connectivity index (χ0) is 47.8. The van der Waals surface area contributed by atoms with Gasteiger partial charge in [0.25, 0.3) is 5.91 Å². The number of cyclic esters (lactones) is 1. The summed E-state index contributed by atoms with van der Waals surface area (Å²) in [6.45, 7) is 9.61. The van der Waals surface area contributed by atoms with E-state index in [2.05, 4.69) is 54.3 Å². The third-order valence-corrected chi connectivity index (χ3v) is 15.8. The first kappa shape index (κ1) is 48.0. The van der Waals surface area contributed by atoms with Gasteiger partial charge < -0.3 is 34.3 Å². The number of likely N-dealkylation sites (N-methyl/N-ethyl adjacent to an activating group) is 1. The van der Waals surface area contributed by atoms with Gasteiger partial charge in [0.05, 0.1) is 24.1 Å². The van der Waals surface area contributed by atoms with E-state index in [0.717, 1.165) is 70.2 Å². The van der Waals surface area contributed by atoms with Gasteiger partial charge >= 0.3 is 12.0 Å². The average molecular weight is 939 g/mol. The number of amides is 4. The Hall–Kier alpha value is -5.52. The van der Waals surface area contributed by atoms with Crippen LogP contribution in [0.5, 0.6) is 5.75 Å². The van der Waals surface area contributed by atoms with Crippen molar-refractivity contribution in [2.75, 3.05) is 51.9 Å². The minimum absolute atomic E-state index is 0.00217. The number of rotatable bonds is 8. The number of urea groups is 1. The van der Waals surface area contributed by atoms with Gasteiger partial charge in [0.15, 0.2) is 0 Å². The number of benzene rings is 2. The number of aromatic hydroxyl groups is 1. The van der Waals surface area contributed by atoms with Crippen molar-refractivity contribution in [1.82, 2.24) is 35.1 Å². The van der Waals surface area contributed by atoms with E-state index in [-0.39, 0.29) is 68.0 Å². The van der Waals surface area contributed by atoms with Crippen molar-refractivity contribution in [2.45, 2.75) is 110 Å². The van der Waals surface area contributed by atoms with Gasteiger partial charge in [-0.2, -0.15) is 0 Å². The Bertz CT molecular complexity index is 2630. The largest absolute Gasteiger partial charge is 0.508 e. The van der Waals surface area contributed by atoms with Crippen molar-refractivity contribution in [3.8, 4) is 28.1 Å². The maximum absolute atomic E-state index is 14.8. The first-order valence-electron chi connectivity index (χ1n) is 23.7. The lowest BCUT2D eigenvalue weighted by atomic mass is 9.84. The minimum Gasteiger partial charge on any atom is -0.508 e. The zero-order valence-electron chi connectivity index (χ0n) is 39.6. The normalized spacial score (nSPS) is 22.2. The Kier molecular flexibility index (Phi) is 14.0. The number of nitrogens with zero attached hydrogens (tertiary/aromatic N) is 5. The third kappa shape index (κ3) is 10.2. The molecule has 4 aromatic rings. The SMILES string of the molecule is CCn1c(-c2cccnc2[C@H](C)OC)c2c3cc(ccc31)-c1cc(O)cc(c1)C[C@H](NC(=O)[C@H](C1CCCC1)N(C)C(=O)N1CCS(=N)(=O)CC1)C(=O)N1CCC[C@H](N1)C(=O)OCC(C)(C)C2. The lowest BCUT2D eigenvalue weighted by molar-refractivity contribution is -0.155. The predicted octanol–water partition coefficient (Wildman–Crippen LogP) is 6.42. The highest BCUT2D eigenvalue weighted by molar-refractivity contribution is 7.92. The van der Waals surface area contributed by atoms with Crippen LogP contribution in [0.2, 0.25) is 0 Å². The lowest BCUT2D eigenvalue weighted by Gasteiger charge is -2.38. The van der Waals surface area contributed by atoms with Crippen molar-refractivity contribution in [3.63, 3.8) is 0 Å². The summed E-state index contributed by atoms with van der Waals surface area (Å²) in [6, 6.07) is 12.2. The number of phenolic OH excluding ortho intramolecular Hbond substituents is 1. The van der Waals surface area contributed by atoms with Crippen molar-refractivity contribution in [2.24, 2.45) is 11.3 Å². The summed E-state index contributed by atoms with van der Waals surface area (Å²) in [4.78, 5) is 65.4. The van der Waals surface area contributed by atoms with E-state index in [0.29, 0.717) is 31.4 Å². The molecule has 0 spiro atoms. The summed E-state index contributed by atoms with van der Waals surface area (Å²) in [5.74, 6) is -1.44. The van der Waals surface area contributed by atoms with Gasteiger partial charge in [-0.25, -0.2) is 14.4 Å². The number of esters is 1. The molecule has 1 saturated carbocycles. The Labute approximate surface area is 393 Å². The molecule has 1 aliphatic carbocycles. The molecule has 4 atom stereocenters. The van der Waals surface area contributed by atoms with Crippen LogP contribution in [0.25, 0.3) is 33.3 Å². The lowest BCUT2D eigenvalue weighted by Crippen LogP contribution is -2.63. The molecule has 4 aliphatic rings. The fourth-order valence-corrected chi connectivity index (χ4v) is 11.8. The first-order valence-corrected chi connectivity index (χ1v) is 25.6. The van der Waals surface area contributed by atoms with Crippen LogP contribution < -0.4 is 10.7 Å². The van der Waals surface area contributed by atoms with E-state index in [4.69, 9.17) is 19.2 Å². The molecule has 4 amide bonds. The van der Waals surface area contributed by atoms with Crippen LogP contribution in [-0.4, -0.2) is 128 Å². The van der Waals surface area contributed by atoms with Gasteiger partial charge in [0, 0.05) is 96.1 Å². The van der Waals surface area contributed by atoms with Gasteiger partial charge in [-0.1, -0.05) is 38.8 Å². The van der Waals surface area contributed by atoms with Crippen molar-refractivity contribution in [1.29, 1.82) is 4.78 Å². The van der Waals surface area contributed by atoms with Crippen molar-refractivity contribution < 1.29 is 38.0 Å². The summed E-state index contributed by atoms with van der Waals surface area (Å²) in [7, 11) is 0.518. The topological polar surface area (TPSA) is 199 Å². The summed E-state index contributed by atoms with van der Waals surface area (Å²) in [6.07, 6.45) is 6.23. The number of fused-ring (bicyclic) bond motifs is 6. The molecule has 4 N–H and O–H groups in total. The highest BCUT2D eigenvalue weighted by Gasteiger charge is 2.41. The highest BCUT2D eigenvalue weighted by Crippen LogP contribution is 2.42. The minimum atomic E-state index is -2.76. The number of pyridine rings is 1. The van der Waals surface area contributed by atoms with Crippen molar-refractivity contribution in [3.05, 3.63) is 71.5 Å². The molecule has 2 aromatic carbocycles. The predicted molar refractivity (Wildman–Crippen MR) is 256 cm³/mol. The number of carbonyl (C=O) groups is 4. The number of carbonyl (C=O) groups excluding carboxylic acids is 4. The third-order valence-electron chi connectivity index (χ3n) is 14.2. The van der Waals surface area contributed by atoms with Crippen LogP contribution in [-0.2, 0) is 53.0 Å². The number of nitrogens with one attached hydrogen (secondary N) is 3. The molecule has 0 radical (unpaired) electrons. The van der Waals surface area contributed by atoms with Crippen LogP contribution >= 0.6 is 0 Å². The number of aromatic nitrogens is 2. The number of ether oxygens (including phenoxy) is 2. The first-order chi connectivity index (χ1) is 32.0. The second kappa shape index (κ2) is 19.6. The number of hydrogen-bond acceptors (Lipinski definition) is 11. The maximum atomic E-state index is 14.8. The molecule has 16 nitrogen and oxygen atoms in total. The van der Waals surface area contributed by atoms with E-state index in [1.807, 2.05) is 25.1 Å². The number of hydrogen-bond donors (Lipinski definition) is 4. The highest BCUT2D eigenvalue weighted by atomic mass is 32.2. The molecule has 360 valence electrons. The van der Waals surface area contributed by atoms with Crippen LogP contribution in [0.1, 0.15) is 89.1 Å². The van der Waals surface area contributed by atoms with E-state index in [1.54, 1.807) is 37.4 Å². The fraction of sp³-hybridized carbons (Fsp3) is 0.540. The Morgan fingerprint density at radius 2 is 1.81 bits per heavy atom. The smallest absolute Gasteiger partial charge is 0.324 e. The van der Waals surface area contributed by atoms with E-state index in [9.17, 15) is 28.5 Å². The van der Waals surface area contributed by atoms with Gasteiger partial charge in [-0.15, -0.1) is 0 Å². The van der Waals surface area contributed by atoms with E-state index in [1.165, 1.54) is 9.91 Å². The molecule has 3 aliphatic heterocycles. The molecular weight excluding hydrogens is 873 g/mol. The molecule has 6 bridgehead atoms. The number of aryl methyl sites for hydroxylation is 1. The molecule has 67 heavy (non-hydrogen) atoms. The van der Waals surface area contributed by atoms with E-state index >= 15 is 0 Å². The molecule has 2 saturated heterocycles. The Morgan fingerprint density at radius 3 is 2.52 bits per heavy atom. The maximum Gasteiger partial charge on any atom is 0.324 e. The summed E-state index contributed by atoms with van der Waals surface area (Å²) in [5, 5.41) is 16.8. The molecule has 8 rings (SSSR count). The summed E-state index contributed by atoms with van der Waals surface area (Å²) >= 11 is 0. The van der Waals surface area contributed by atoms with Crippen LogP contribution in [0.4, 0.5) is 4.79 Å². The van der Waals surface area contributed by atoms with Crippen molar-refractivity contribution >= 4 is 44.4 Å². The average Bonchev–Trinajstić information content (AvgIpc) is 3.95. The molecule has 0 unspecified atom stereocenters. The summed E-state index contributed by atoms with van der Waals surface area (Å²) < 4.78 is 34.7. The number of phenols is 1. The zero-order valence-corrected chi connectivity index (χ0v) is 40.5. The molecule has 2 aromatic heterocycles. The fourth-order valence-electron chi connectivity index (χ4n) is 10.6. The Balaban J connectivity index is 1.21. The number of hydrazine groups is 1. The van der Waals surface area contributed by atoms with Gasteiger partial charge in [0.2, 0.25) is 5.91 Å². The monoisotopic (exact) mass is 938 g/mol. The molecule has 5 heterocycles. The van der Waals surface area contributed by atoms with Gasteiger partial charge in [0.1, 0.15) is 23.9 Å². The van der Waals surface area contributed by atoms with Gasteiger partial charge in [-0.05, 0) is 111 Å². The Morgan fingerprint density at radius 1 is 1.06 bits per heavy atom. The number of methoxy groups -OCH3 is 1. The molecular formula is C50H66N8O8S. The second-order valence-electron chi connectivity index (χ2n) is 19.6. The second-order valence-corrected chi connectivity index (χ2v) is 22.1. The van der Waals surface area contributed by atoms with Gasteiger partial charge in [-0.3, -0.25) is 29.2 Å². The van der Waals surface area contributed by atoms with E-state index < -0.39 is 51.1 Å². The van der Waals surface area contributed by atoms with Crippen LogP contribution in [0.15, 0.2) is 54.7 Å². The summed E-state index contributed by atoms with van der Waals surface area (Å²) in [5.41, 5.74) is 9.57. The molecule has 3 fully saturated rings. The van der Waals surface area contributed by atoms with Crippen LogP contribution in [0, 0.1) is 16.1 Å². The quantitative estimate of drug-likeness (QED) is 0.143. The standard InChI is InChI=1S/C50H66N8O8S/c1-7-57-42-17-16-34-28-38(42)39(45(57)37-14-10-18-52-43(37)31(2)65-6)29-50(3,4)30-66-48(62)40-15-11-19-58(54-40)47(61)41(26-32-24-35(34)27-36(59)25-32)53-46(60)44(33-12-8-9-13-33)55(5)49(63)56-20-22-67(51,64)23-21-56/h10,14,16-18,24-25,27-28,31,33,40-41,44,51,54,59H,7-9,11-13,15,19-23,26,29-30H2,1-6H3,(H,53,60)/t31-,40-,41-,44-/m0/s1. The molecule has 17 heteroatoms.